The summed E-state index contributed by atoms with van der Waals surface area (Å²) in [7, 11) is 0. The van der Waals surface area contributed by atoms with Crippen molar-refractivity contribution in [2.75, 3.05) is 19.6 Å². The number of benzene rings is 1. The molecule has 0 radical (unpaired) electrons. The van der Waals surface area contributed by atoms with E-state index < -0.39 is 5.60 Å². The molecule has 8 nitrogen and oxygen atoms in total. The number of likely N-dealkylation sites (tertiary alicyclic amines) is 1. The van der Waals surface area contributed by atoms with E-state index in [1.807, 2.05) is 33.3 Å². The average Bonchev–Trinajstić information content (AvgIpc) is 3.36. The molecule has 0 spiro atoms. The van der Waals surface area contributed by atoms with Crippen molar-refractivity contribution < 1.29 is 9.53 Å². The molecule has 168 valence electrons. The van der Waals surface area contributed by atoms with Crippen molar-refractivity contribution in [3.05, 3.63) is 54.1 Å². The number of aromatic nitrogens is 2. The molecular weight excluding hydrogens is 392 g/mol. The molecular formula is C23H34N6O2. The third-order valence-electron chi connectivity index (χ3n) is 4.87. The van der Waals surface area contributed by atoms with Gasteiger partial charge >= 0.3 is 6.09 Å². The highest BCUT2D eigenvalue weighted by molar-refractivity contribution is 5.80. The van der Waals surface area contributed by atoms with Gasteiger partial charge < -0.3 is 24.8 Å². The van der Waals surface area contributed by atoms with E-state index in [0.717, 1.165) is 37.6 Å². The van der Waals surface area contributed by atoms with Crippen LogP contribution in [0.1, 0.15) is 45.2 Å². The zero-order chi connectivity index (χ0) is 22.3. The summed E-state index contributed by atoms with van der Waals surface area (Å²) < 4.78 is 7.43. The summed E-state index contributed by atoms with van der Waals surface area (Å²) in [5, 5.41) is 6.35. The number of ether oxygens (including phenoxy) is 1. The van der Waals surface area contributed by atoms with Crippen LogP contribution in [0, 0.1) is 0 Å². The standard InChI is InChI=1S/C23H34N6O2/c1-5-25-21(29-11-9-20(16-29)27-22(30)31-23(2,3)4)26-14-18-7-6-8-19(13-18)15-28-12-10-24-17-28/h6-8,10,12-13,17,20H,5,9,11,14-16H2,1-4H3,(H,25,26)(H,27,30). The van der Waals surface area contributed by atoms with Crippen LogP contribution in [0.5, 0.6) is 0 Å². The molecule has 0 aliphatic carbocycles. The molecule has 1 saturated heterocycles. The van der Waals surface area contributed by atoms with Crippen LogP contribution in [0.2, 0.25) is 0 Å². The van der Waals surface area contributed by atoms with E-state index in [1.54, 1.807) is 6.20 Å². The second-order valence-electron chi connectivity index (χ2n) is 8.80. The minimum absolute atomic E-state index is 0.0530. The van der Waals surface area contributed by atoms with Gasteiger partial charge in [-0.3, -0.25) is 0 Å². The molecule has 8 heteroatoms. The second kappa shape index (κ2) is 10.3. The van der Waals surface area contributed by atoms with Gasteiger partial charge in [0.2, 0.25) is 0 Å². The number of nitrogens with one attached hydrogen (secondary N) is 2. The Morgan fingerprint density at radius 1 is 1.32 bits per heavy atom. The third kappa shape index (κ3) is 7.31. The van der Waals surface area contributed by atoms with E-state index >= 15 is 0 Å². The highest BCUT2D eigenvalue weighted by Crippen LogP contribution is 2.13. The first kappa shape index (κ1) is 22.7. The number of imidazole rings is 1. The normalized spacial score (nSPS) is 17.0. The molecule has 1 atom stereocenters. The smallest absolute Gasteiger partial charge is 0.407 e. The minimum atomic E-state index is -0.495. The Hall–Kier alpha value is -3.03. The summed E-state index contributed by atoms with van der Waals surface area (Å²) in [6, 6.07) is 8.52. The van der Waals surface area contributed by atoms with Gasteiger partial charge in [0.15, 0.2) is 5.96 Å². The Bertz CT molecular complexity index is 872. The molecule has 1 aromatic carbocycles. The van der Waals surface area contributed by atoms with Crippen LogP contribution in [0.15, 0.2) is 48.0 Å². The number of carbonyl (C=O) groups excluding carboxylic acids is 1. The first-order chi connectivity index (χ1) is 14.8. The summed E-state index contributed by atoms with van der Waals surface area (Å²) in [5.74, 6) is 0.871. The van der Waals surface area contributed by atoms with Gasteiger partial charge in [-0.15, -0.1) is 0 Å². The lowest BCUT2D eigenvalue weighted by Crippen LogP contribution is -2.44. The fourth-order valence-corrected chi connectivity index (χ4v) is 3.55. The lowest BCUT2D eigenvalue weighted by atomic mass is 10.1. The zero-order valence-corrected chi connectivity index (χ0v) is 19.0. The van der Waals surface area contributed by atoms with Crippen molar-refractivity contribution in [1.82, 2.24) is 25.1 Å². The Morgan fingerprint density at radius 3 is 2.84 bits per heavy atom. The molecule has 31 heavy (non-hydrogen) atoms. The molecule has 2 N–H and O–H groups in total. The van der Waals surface area contributed by atoms with Crippen molar-refractivity contribution in [2.45, 2.75) is 58.8 Å². The molecule has 0 saturated carbocycles. The maximum Gasteiger partial charge on any atom is 0.407 e. The van der Waals surface area contributed by atoms with Crippen LogP contribution in [-0.4, -0.2) is 57.8 Å². The van der Waals surface area contributed by atoms with E-state index in [4.69, 9.17) is 9.73 Å². The van der Waals surface area contributed by atoms with Crippen molar-refractivity contribution in [3.8, 4) is 0 Å². The fraction of sp³-hybridized carbons (Fsp3) is 0.522. The number of rotatable bonds is 6. The zero-order valence-electron chi connectivity index (χ0n) is 19.0. The van der Waals surface area contributed by atoms with E-state index in [0.29, 0.717) is 13.1 Å². The van der Waals surface area contributed by atoms with E-state index in [-0.39, 0.29) is 12.1 Å². The number of amides is 1. The highest BCUT2D eigenvalue weighted by atomic mass is 16.6. The van der Waals surface area contributed by atoms with Crippen molar-refractivity contribution in [1.29, 1.82) is 0 Å². The molecule has 1 aliphatic rings. The number of hydrogen-bond donors (Lipinski definition) is 2. The Balaban J connectivity index is 1.58. The lowest BCUT2D eigenvalue weighted by Gasteiger charge is -2.23. The quantitative estimate of drug-likeness (QED) is 0.548. The number of aliphatic imine (C=N–C) groups is 1. The maximum atomic E-state index is 12.1. The van der Waals surface area contributed by atoms with Crippen LogP contribution >= 0.6 is 0 Å². The van der Waals surface area contributed by atoms with Gasteiger partial charge in [-0.1, -0.05) is 24.3 Å². The minimum Gasteiger partial charge on any atom is -0.444 e. The van der Waals surface area contributed by atoms with Gasteiger partial charge in [-0.2, -0.15) is 0 Å². The average molecular weight is 427 g/mol. The highest BCUT2D eigenvalue weighted by Gasteiger charge is 2.27. The van der Waals surface area contributed by atoms with E-state index in [2.05, 4.69) is 56.3 Å². The van der Waals surface area contributed by atoms with Crippen LogP contribution < -0.4 is 10.6 Å². The first-order valence-corrected chi connectivity index (χ1v) is 10.9. The number of alkyl carbamates (subject to hydrolysis) is 1. The molecule has 2 heterocycles. The SMILES string of the molecule is CCNC(=NCc1cccc(Cn2ccnc2)c1)N1CCC(NC(=O)OC(C)(C)C)C1. The predicted molar refractivity (Wildman–Crippen MR) is 122 cm³/mol. The maximum absolute atomic E-state index is 12.1. The van der Waals surface area contributed by atoms with Crippen molar-refractivity contribution >= 4 is 12.1 Å². The Morgan fingerprint density at radius 2 is 2.13 bits per heavy atom. The summed E-state index contributed by atoms with van der Waals surface area (Å²) >= 11 is 0. The van der Waals surface area contributed by atoms with E-state index in [1.165, 1.54) is 5.56 Å². The van der Waals surface area contributed by atoms with Gasteiger partial charge in [0.25, 0.3) is 0 Å². The predicted octanol–water partition coefficient (Wildman–Crippen LogP) is 3.00. The summed E-state index contributed by atoms with van der Waals surface area (Å²) in [5.41, 5.74) is 1.89. The van der Waals surface area contributed by atoms with Crippen LogP contribution in [0.4, 0.5) is 4.79 Å². The molecule has 1 fully saturated rings. The first-order valence-electron chi connectivity index (χ1n) is 10.9. The topological polar surface area (TPSA) is 83.8 Å². The third-order valence-corrected chi connectivity index (χ3v) is 4.87. The van der Waals surface area contributed by atoms with Crippen LogP contribution in [0.25, 0.3) is 0 Å². The van der Waals surface area contributed by atoms with E-state index in [9.17, 15) is 4.79 Å². The van der Waals surface area contributed by atoms with Gasteiger partial charge in [-0.05, 0) is 45.2 Å². The van der Waals surface area contributed by atoms with Gasteiger partial charge in [0.05, 0.1) is 18.9 Å². The summed E-state index contributed by atoms with van der Waals surface area (Å²) in [6.07, 6.45) is 6.07. The number of carbonyl (C=O) groups is 1. The monoisotopic (exact) mass is 426 g/mol. The summed E-state index contributed by atoms with van der Waals surface area (Å²) in [4.78, 5) is 23.2. The molecule has 3 rings (SSSR count). The largest absolute Gasteiger partial charge is 0.444 e. The lowest BCUT2D eigenvalue weighted by molar-refractivity contribution is 0.0507. The molecule has 1 aromatic heterocycles. The van der Waals surface area contributed by atoms with Gasteiger partial charge in [-0.25, -0.2) is 14.8 Å². The molecule has 1 aliphatic heterocycles. The number of hydrogen-bond acceptors (Lipinski definition) is 4. The van der Waals surface area contributed by atoms with Crippen LogP contribution in [0.3, 0.4) is 0 Å². The molecule has 1 unspecified atom stereocenters. The van der Waals surface area contributed by atoms with Crippen molar-refractivity contribution in [2.24, 2.45) is 4.99 Å². The second-order valence-corrected chi connectivity index (χ2v) is 8.80. The fourth-order valence-electron chi connectivity index (χ4n) is 3.55. The number of nitrogens with zero attached hydrogens (tertiary/aromatic N) is 4. The molecule has 0 bridgehead atoms. The summed E-state index contributed by atoms with van der Waals surface area (Å²) in [6.45, 7) is 11.4. The van der Waals surface area contributed by atoms with Crippen molar-refractivity contribution in [3.63, 3.8) is 0 Å². The Kier molecular flexibility index (Phi) is 7.55. The van der Waals surface area contributed by atoms with Gasteiger partial charge in [0, 0.05) is 38.6 Å². The molecule has 1 amide bonds. The Labute approximate surface area is 184 Å². The number of guanidine groups is 1. The molecule has 2 aromatic rings. The van der Waals surface area contributed by atoms with Gasteiger partial charge in [0.1, 0.15) is 5.60 Å². The van der Waals surface area contributed by atoms with Crippen LogP contribution in [-0.2, 0) is 17.8 Å².